The first-order valence-corrected chi connectivity index (χ1v) is 3.00. The number of carbonyl (C=O) groups is 1. The van der Waals surface area contributed by atoms with Crippen molar-refractivity contribution >= 4 is 5.97 Å². The average molecular weight is 133 g/mol. The Bertz CT molecular complexity index is 104. The van der Waals surface area contributed by atoms with Crippen LogP contribution in [0, 0.1) is 0 Å². The van der Waals surface area contributed by atoms with Crippen LogP contribution in [0.3, 0.4) is 0 Å². The van der Waals surface area contributed by atoms with E-state index in [0.717, 1.165) is 0 Å². The van der Waals surface area contributed by atoms with Gasteiger partial charge in [0.15, 0.2) is 0 Å². The molecule has 0 aromatic heterocycles. The molecule has 0 aromatic rings. The average Bonchev–Trinajstić information content (AvgIpc) is 1.63. The lowest BCUT2D eigenvalue weighted by atomic mass is 10.4. The minimum Gasteiger partial charge on any atom is -0.462 e. The van der Waals surface area contributed by atoms with Crippen LogP contribution in [0.1, 0.15) is 22.2 Å². The molecule has 0 heterocycles. The number of rotatable bonds is 2. The molecule has 0 aliphatic carbocycles. The van der Waals surface area contributed by atoms with E-state index in [2.05, 4.69) is 0 Å². The predicted molar refractivity (Wildman–Crippen MR) is 37.0 cm³/mol. The molecule has 0 bridgehead atoms. The molecule has 0 spiro atoms. The maximum Gasteiger partial charge on any atom is 0.322 e. The van der Waals surface area contributed by atoms with Crippen molar-refractivity contribution < 1.29 is 11.0 Å². The lowest BCUT2D eigenvalue weighted by molar-refractivity contribution is -0.148. The molecular weight excluding hydrogens is 118 g/mol. The van der Waals surface area contributed by atoms with Crippen molar-refractivity contribution in [3.63, 3.8) is 0 Å². The van der Waals surface area contributed by atoms with Crippen molar-refractivity contribution in [1.82, 2.24) is 0 Å². The molecule has 3 nitrogen and oxygen atoms in total. The molecule has 0 radical (unpaired) electrons. The second kappa shape index (κ2) is 3.45. The van der Waals surface area contributed by atoms with E-state index >= 15 is 0 Å². The maximum atomic E-state index is 10.6. The molecule has 1 atom stereocenters. The van der Waals surface area contributed by atoms with Gasteiger partial charge in [-0.25, -0.2) is 0 Å². The van der Waals surface area contributed by atoms with Crippen molar-refractivity contribution in [3.8, 4) is 0 Å². The van der Waals surface area contributed by atoms with Crippen LogP contribution in [0.4, 0.5) is 0 Å². The van der Waals surface area contributed by atoms with Crippen LogP contribution < -0.4 is 5.73 Å². The smallest absolute Gasteiger partial charge is 0.322 e. The van der Waals surface area contributed by atoms with Gasteiger partial charge < -0.3 is 10.5 Å². The van der Waals surface area contributed by atoms with Gasteiger partial charge in [-0.1, -0.05) is 0 Å². The van der Waals surface area contributed by atoms with Crippen LogP contribution in [0.2, 0.25) is 0 Å². The third kappa shape index (κ3) is 3.97. The summed E-state index contributed by atoms with van der Waals surface area (Å²) in [6.07, 6.45) is -0.0662. The van der Waals surface area contributed by atoms with Crippen molar-refractivity contribution in [2.24, 2.45) is 5.73 Å². The number of ether oxygens (including phenoxy) is 1. The number of hydrogen-bond donors (Lipinski definition) is 1. The molecule has 0 saturated carbocycles. The van der Waals surface area contributed by atoms with Crippen molar-refractivity contribution in [3.05, 3.63) is 0 Å². The monoisotopic (exact) mass is 133 g/mol. The second-order valence-corrected chi connectivity index (χ2v) is 2.27. The van der Waals surface area contributed by atoms with Crippen LogP contribution in [0.5, 0.6) is 0 Å². The van der Waals surface area contributed by atoms with Gasteiger partial charge in [-0.3, -0.25) is 4.79 Å². The van der Waals surface area contributed by atoms with Gasteiger partial charge in [0.25, 0.3) is 0 Å². The molecule has 0 aliphatic rings. The Morgan fingerprint density at radius 1 is 1.56 bits per heavy atom. The summed E-state index contributed by atoms with van der Waals surface area (Å²) in [6, 6.07) is -0.507. The summed E-state index contributed by atoms with van der Waals surface area (Å²) in [7, 11) is 0. The minimum atomic E-state index is -0.507. The van der Waals surface area contributed by atoms with Gasteiger partial charge in [-0.05, 0) is 20.8 Å². The molecule has 56 valence electrons. The summed E-state index contributed by atoms with van der Waals surface area (Å²) in [6.45, 7) is 5.19. The van der Waals surface area contributed by atoms with E-state index in [1.807, 2.05) is 0 Å². The third-order valence-electron chi connectivity index (χ3n) is 0.724. The summed E-state index contributed by atoms with van der Waals surface area (Å²) in [4.78, 5) is 10.6. The van der Waals surface area contributed by atoms with Gasteiger partial charge >= 0.3 is 5.97 Å². The zero-order valence-electron chi connectivity index (χ0n) is 6.05. The van der Waals surface area contributed by atoms with Crippen LogP contribution >= 0.6 is 0 Å². The second-order valence-electron chi connectivity index (χ2n) is 2.27. The Kier molecular flexibility index (Phi) is 3.24. The van der Waals surface area contributed by atoms with Gasteiger partial charge in [0.1, 0.15) is 6.04 Å². The van der Waals surface area contributed by atoms with Crippen LogP contribution in [-0.2, 0) is 9.53 Å². The van der Waals surface area contributed by atoms with E-state index in [9.17, 15) is 4.79 Å². The highest BCUT2D eigenvalue weighted by molar-refractivity contribution is 5.74. The van der Waals surface area contributed by atoms with E-state index in [-0.39, 0.29) is 13.5 Å². The molecule has 0 fully saturated rings. The molecular formula is C6H15NO2. The largest absolute Gasteiger partial charge is 0.462 e. The number of nitrogens with two attached hydrogens (primary N) is 1. The molecule has 0 aromatic carbocycles. The van der Waals surface area contributed by atoms with Crippen LogP contribution in [0.25, 0.3) is 0 Å². The lowest BCUT2D eigenvalue weighted by Gasteiger charge is -2.08. The molecule has 0 amide bonds. The SMILES string of the molecule is CC(C)OC(=O)[C@@H](C)N.[HH]. The van der Waals surface area contributed by atoms with Crippen molar-refractivity contribution in [2.45, 2.75) is 32.9 Å². The van der Waals surface area contributed by atoms with Gasteiger partial charge in [0, 0.05) is 1.43 Å². The summed E-state index contributed by atoms with van der Waals surface area (Å²) in [5.74, 6) is -0.343. The van der Waals surface area contributed by atoms with Gasteiger partial charge in [0.2, 0.25) is 0 Å². The molecule has 2 N–H and O–H groups in total. The first-order chi connectivity index (χ1) is 4.04. The molecule has 0 saturated heterocycles. The minimum absolute atomic E-state index is 0. The molecule has 3 heteroatoms. The van der Waals surface area contributed by atoms with Crippen molar-refractivity contribution in [2.75, 3.05) is 0 Å². The number of esters is 1. The van der Waals surface area contributed by atoms with Gasteiger partial charge in [-0.2, -0.15) is 0 Å². The van der Waals surface area contributed by atoms with Crippen molar-refractivity contribution in [1.29, 1.82) is 0 Å². The normalized spacial score (nSPS) is 13.4. The highest BCUT2D eigenvalue weighted by Crippen LogP contribution is 1.90. The zero-order valence-corrected chi connectivity index (χ0v) is 6.05. The third-order valence-corrected chi connectivity index (χ3v) is 0.724. The van der Waals surface area contributed by atoms with E-state index in [1.54, 1.807) is 20.8 Å². The highest BCUT2D eigenvalue weighted by atomic mass is 16.5. The Labute approximate surface area is 56.7 Å². The first-order valence-electron chi connectivity index (χ1n) is 3.00. The Morgan fingerprint density at radius 3 is 2.11 bits per heavy atom. The van der Waals surface area contributed by atoms with Gasteiger partial charge in [-0.15, -0.1) is 0 Å². The van der Waals surface area contributed by atoms with Crippen LogP contribution in [-0.4, -0.2) is 18.1 Å². The molecule has 0 rings (SSSR count). The Morgan fingerprint density at radius 2 is 2.00 bits per heavy atom. The van der Waals surface area contributed by atoms with E-state index in [1.165, 1.54) is 0 Å². The van der Waals surface area contributed by atoms with E-state index in [0.29, 0.717) is 0 Å². The fraction of sp³-hybridized carbons (Fsp3) is 0.833. The van der Waals surface area contributed by atoms with E-state index in [4.69, 9.17) is 10.5 Å². The van der Waals surface area contributed by atoms with Gasteiger partial charge in [0.05, 0.1) is 6.10 Å². The summed E-state index contributed by atoms with van der Waals surface area (Å²) in [5.41, 5.74) is 5.21. The number of carbonyl (C=O) groups excluding carboxylic acids is 1. The predicted octanol–water partition coefficient (Wildman–Crippen LogP) is 0.531. The summed E-state index contributed by atoms with van der Waals surface area (Å²) < 4.78 is 4.75. The molecule has 0 unspecified atom stereocenters. The Hall–Kier alpha value is -0.570. The number of hydrogen-bond acceptors (Lipinski definition) is 3. The van der Waals surface area contributed by atoms with E-state index < -0.39 is 6.04 Å². The molecule has 9 heavy (non-hydrogen) atoms. The fourth-order valence-electron chi connectivity index (χ4n) is 0.340. The Balaban J connectivity index is 0. The highest BCUT2D eigenvalue weighted by Gasteiger charge is 2.09. The van der Waals surface area contributed by atoms with Crippen LogP contribution in [0.15, 0.2) is 0 Å². The standard InChI is InChI=1S/C6H13NO2.H2/c1-4(2)9-6(8)5(3)7;/h4-5H,7H2,1-3H3;1H/t5-;/m1./s1. The molecule has 0 aliphatic heterocycles. The quantitative estimate of drug-likeness (QED) is 0.559. The lowest BCUT2D eigenvalue weighted by Crippen LogP contribution is -2.30. The first kappa shape index (κ1) is 8.43. The fourth-order valence-corrected chi connectivity index (χ4v) is 0.340. The zero-order chi connectivity index (χ0) is 7.44. The topological polar surface area (TPSA) is 52.3 Å². The summed E-state index contributed by atoms with van der Waals surface area (Å²) in [5, 5.41) is 0. The summed E-state index contributed by atoms with van der Waals surface area (Å²) >= 11 is 0. The maximum absolute atomic E-state index is 10.6.